The van der Waals surface area contributed by atoms with Gasteiger partial charge in [0.1, 0.15) is 12.4 Å². The molecule has 7 heteroatoms. The SMILES string of the molecule is CCNC(=NCCN1CCOCC1)NCCOc1ccc(C)cc1.I. The highest BCUT2D eigenvalue weighted by Gasteiger charge is 2.09. The van der Waals surface area contributed by atoms with Gasteiger partial charge in [0, 0.05) is 26.2 Å². The zero-order chi connectivity index (χ0) is 17.0. The van der Waals surface area contributed by atoms with Gasteiger partial charge in [-0.05, 0) is 26.0 Å². The summed E-state index contributed by atoms with van der Waals surface area (Å²) in [6, 6.07) is 8.10. The molecule has 1 aliphatic heterocycles. The Morgan fingerprint density at radius 1 is 1.20 bits per heavy atom. The number of rotatable bonds is 8. The summed E-state index contributed by atoms with van der Waals surface area (Å²) < 4.78 is 11.1. The van der Waals surface area contributed by atoms with E-state index < -0.39 is 0 Å². The molecule has 1 aromatic carbocycles. The van der Waals surface area contributed by atoms with Crippen molar-refractivity contribution >= 4 is 29.9 Å². The average molecular weight is 462 g/mol. The highest BCUT2D eigenvalue weighted by atomic mass is 127. The fraction of sp³-hybridized carbons (Fsp3) is 0.611. The first kappa shape index (κ1) is 22.0. The summed E-state index contributed by atoms with van der Waals surface area (Å²) in [5.41, 5.74) is 1.24. The summed E-state index contributed by atoms with van der Waals surface area (Å²) in [7, 11) is 0. The number of nitrogens with one attached hydrogen (secondary N) is 2. The Balaban J connectivity index is 0.00000312. The van der Waals surface area contributed by atoms with Crippen molar-refractivity contribution in [2.24, 2.45) is 4.99 Å². The van der Waals surface area contributed by atoms with Crippen LogP contribution in [0.3, 0.4) is 0 Å². The molecule has 0 bridgehead atoms. The van der Waals surface area contributed by atoms with Crippen molar-refractivity contribution in [2.75, 3.05) is 59.1 Å². The summed E-state index contributed by atoms with van der Waals surface area (Å²) in [5, 5.41) is 6.58. The predicted molar refractivity (Wildman–Crippen MR) is 113 cm³/mol. The Morgan fingerprint density at radius 3 is 2.60 bits per heavy atom. The monoisotopic (exact) mass is 462 g/mol. The molecule has 0 atom stereocenters. The van der Waals surface area contributed by atoms with E-state index >= 15 is 0 Å². The van der Waals surface area contributed by atoms with Crippen LogP contribution < -0.4 is 15.4 Å². The molecule has 0 saturated carbocycles. The number of aryl methyl sites for hydroxylation is 1. The summed E-state index contributed by atoms with van der Waals surface area (Å²) in [6.07, 6.45) is 0. The minimum absolute atomic E-state index is 0. The van der Waals surface area contributed by atoms with Gasteiger partial charge < -0.3 is 20.1 Å². The summed E-state index contributed by atoms with van der Waals surface area (Å²) in [4.78, 5) is 7.01. The Bertz CT molecular complexity index is 490. The number of guanidine groups is 1. The van der Waals surface area contributed by atoms with Crippen molar-refractivity contribution in [3.8, 4) is 5.75 Å². The van der Waals surface area contributed by atoms with E-state index in [4.69, 9.17) is 9.47 Å². The number of benzene rings is 1. The van der Waals surface area contributed by atoms with E-state index in [2.05, 4.69) is 46.5 Å². The fourth-order valence-corrected chi connectivity index (χ4v) is 2.44. The van der Waals surface area contributed by atoms with Crippen LogP contribution in [0.4, 0.5) is 0 Å². The number of morpholine rings is 1. The van der Waals surface area contributed by atoms with Crippen LogP contribution in [-0.2, 0) is 4.74 Å². The minimum atomic E-state index is 0. The first-order valence-electron chi connectivity index (χ1n) is 8.79. The number of hydrogen-bond acceptors (Lipinski definition) is 4. The van der Waals surface area contributed by atoms with Crippen LogP contribution in [0.25, 0.3) is 0 Å². The molecule has 1 heterocycles. The standard InChI is InChI=1S/C18H30N4O2.HI/c1-3-19-18(20-8-10-22-11-14-23-15-12-22)21-9-13-24-17-6-4-16(2)5-7-17;/h4-7H,3,8-15H2,1-2H3,(H2,19,20,21);1H. The topological polar surface area (TPSA) is 58.1 Å². The lowest BCUT2D eigenvalue weighted by atomic mass is 10.2. The highest BCUT2D eigenvalue weighted by Crippen LogP contribution is 2.10. The Hall–Kier alpha value is -1.06. The molecule has 0 spiro atoms. The molecular weight excluding hydrogens is 431 g/mol. The van der Waals surface area contributed by atoms with Crippen molar-refractivity contribution in [3.63, 3.8) is 0 Å². The first-order chi connectivity index (χ1) is 11.8. The molecule has 142 valence electrons. The molecule has 1 aromatic rings. The second-order valence-electron chi connectivity index (χ2n) is 5.80. The van der Waals surface area contributed by atoms with E-state index in [1.807, 2.05) is 12.1 Å². The van der Waals surface area contributed by atoms with Crippen molar-refractivity contribution in [2.45, 2.75) is 13.8 Å². The van der Waals surface area contributed by atoms with E-state index in [1.54, 1.807) is 0 Å². The maximum absolute atomic E-state index is 5.72. The van der Waals surface area contributed by atoms with E-state index in [1.165, 1.54) is 5.56 Å². The number of nitrogens with zero attached hydrogens (tertiary/aromatic N) is 2. The van der Waals surface area contributed by atoms with Crippen molar-refractivity contribution in [3.05, 3.63) is 29.8 Å². The fourth-order valence-electron chi connectivity index (χ4n) is 2.44. The summed E-state index contributed by atoms with van der Waals surface area (Å²) in [6.45, 7) is 11.7. The van der Waals surface area contributed by atoms with Gasteiger partial charge >= 0.3 is 0 Å². The van der Waals surface area contributed by atoms with Crippen LogP contribution in [0.15, 0.2) is 29.3 Å². The predicted octanol–water partition coefficient (Wildman–Crippen LogP) is 1.88. The molecule has 0 amide bonds. The molecule has 25 heavy (non-hydrogen) atoms. The third-order valence-corrected chi connectivity index (χ3v) is 3.82. The maximum Gasteiger partial charge on any atom is 0.191 e. The molecule has 2 N–H and O–H groups in total. The van der Waals surface area contributed by atoms with E-state index in [0.29, 0.717) is 6.61 Å². The van der Waals surface area contributed by atoms with Gasteiger partial charge in [0.25, 0.3) is 0 Å². The van der Waals surface area contributed by atoms with Gasteiger partial charge in [-0.25, -0.2) is 0 Å². The van der Waals surface area contributed by atoms with Gasteiger partial charge in [-0.15, -0.1) is 24.0 Å². The molecular formula is C18H31IN4O2. The molecule has 0 aromatic heterocycles. The van der Waals surface area contributed by atoms with Crippen molar-refractivity contribution < 1.29 is 9.47 Å². The van der Waals surface area contributed by atoms with Gasteiger partial charge in [0.05, 0.1) is 26.3 Å². The molecule has 0 aliphatic carbocycles. The van der Waals surface area contributed by atoms with Gasteiger partial charge in [0.15, 0.2) is 5.96 Å². The largest absolute Gasteiger partial charge is 0.492 e. The number of hydrogen-bond donors (Lipinski definition) is 2. The molecule has 1 fully saturated rings. The summed E-state index contributed by atoms with van der Waals surface area (Å²) in [5.74, 6) is 1.75. The quantitative estimate of drug-likeness (QED) is 0.268. The Kier molecular flexibility index (Phi) is 11.6. The van der Waals surface area contributed by atoms with Crippen LogP contribution in [-0.4, -0.2) is 69.9 Å². The number of halogens is 1. The molecule has 1 saturated heterocycles. The lowest BCUT2D eigenvalue weighted by molar-refractivity contribution is 0.0394. The average Bonchev–Trinajstić information content (AvgIpc) is 2.61. The first-order valence-corrected chi connectivity index (χ1v) is 8.79. The van der Waals surface area contributed by atoms with Crippen molar-refractivity contribution in [1.82, 2.24) is 15.5 Å². The molecule has 1 aliphatic rings. The Labute approximate surface area is 168 Å². The van der Waals surface area contributed by atoms with Crippen LogP contribution in [0.1, 0.15) is 12.5 Å². The van der Waals surface area contributed by atoms with Gasteiger partial charge in [-0.2, -0.15) is 0 Å². The normalized spacial score (nSPS) is 15.4. The van der Waals surface area contributed by atoms with Crippen LogP contribution in [0, 0.1) is 6.92 Å². The van der Waals surface area contributed by atoms with E-state index in [9.17, 15) is 0 Å². The zero-order valence-corrected chi connectivity index (χ0v) is 17.6. The Morgan fingerprint density at radius 2 is 1.92 bits per heavy atom. The van der Waals surface area contributed by atoms with Gasteiger partial charge in [-0.1, -0.05) is 17.7 Å². The summed E-state index contributed by atoms with van der Waals surface area (Å²) >= 11 is 0. The highest BCUT2D eigenvalue weighted by molar-refractivity contribution is 14.0. The molecule has 6 nitrogen and oxygen atoms in total. The third kappa shape index (κ3) is 9.27. The lowest BCUT2D eigenvalue weighted by Gasteiger charge is -2.25. The van der Waals surface area contributed by atoms with E-state index in [0.717, 1.165) is 64.2 Å². The van der Waals surface area contributed by atoms with Crippen LogP contribution >= 0.6 is 24.0 Å². The van der Waals surface area contributed by atoms with E-state index in [-0.39, 0.29) is 24.0 Å². The minimum Gasteiger partial charge on any atom is -0.492 e. The second-order valence-corrected chi connectivity index (χ2v) is 5.80. The van der Waals surface area contributed by atoms with Crippen LogP contribution in [0.2, 0.25) is 0 Å². The number of aliphatic imine (C=N–C) groups is 1. The number of ether oxygens (including phenoxy) is 2. The smallest absolute Gasteiger partial charge is 0.191 e. The molecule has 2 rings (SSSR count). The maximum atomic E-state index is 5.72. The third-order valence-electron chi connectivity index (χ3n) is 3.82. The second kappa shape index (κ2) is 13.2. The molecule has 0 radical (unpaired) electrons. The van der Waals surface area contributed by atoms with Crippen LogP contribution in [0.5, 0.6) is 5.75 Å². The lowest BCUT2D eigenvalue weighted by Crippen LogP contribution is -2.41. The van der Waals surface area contributed by atoms with Crippen molar-refractivity contribution in [1.29, 1.82) is 0 Å². The van der Waals surface area contributed by atoms with Gasteiger partial charge in [-0.3, -0.25) is 9.89 Å². The van der Waals surface area contributed by atoms with Gasteiger partial charge in [0.2, 0.25) is 0 Å². The molecule has 0 unspecified atom stereocenters. The zero-order valence-electron chi connectivity index (χ0n) is 15.3.